The van der Waals surface area contributed by atoms with Crippen LogP contribution in [0.15, 0.2) is 89.3 Å². The highest BCUT2D eigenvalue weighted by Gasteiger charge is 2.32. The molecule has 5 rings (SSSR count). The van der Waals surface area contributed by atoms with Crippen molar-refractivity contribution in [3.63, 3.8) is 0 Å². The van der Waals surface area contributed by atoms with E-state index in [1.807, 2.05) is 66.7 Å². The van der Waals surface area contributed by atoms with E-state index in [2.05, 4.69) is 9.88 Å². The van der Waals surface area contributed by atoms with Gasteiger partial charge in [0.1, 0.15) is 11.6 Å². The number of hydrogen-bond acceptors (Lipinski definition) is 5. The quantitative estimate of drug-likeness (QED) is 0.620. The minimum absolute atomic E-state index is 0.0803. The van der Waals surface area contributed by atoms with Crippen molar-refractivity contribution in [1.82, 2.24) is 4.98 Å². The molecule has 4 nitrogen and oxygen atoms in total. The standard InChI is InChI=1S/C22H16N2O2S/c25-21-16-8-2-4-10-19(16)27-14-17-22(21)26-18-9-3-1-7-15(18)13-24(17)20-11-5-6-12-23-20/h1-12H,13-14H2. The van der Waals surface area contributed by atoms with Gasteiger partial charge in [-0.15, -0.1) is 11.8 Å². The zero-order valence-corrected chi connectivity index (χ0v) is 15.3. The summed E-state index contributed by atoms with van der Waals surface area (Å²) in [6.45, 7) is 0.607. The number of ether oxygens (including phenoxy) is 1. The fourth-order valence-electron chi connectivity index (χ4n) is 3.39. The number of carbonyl (C=O) groups excluding carboxylic acids is 1. The van der Waals surface area contributed by atoms with Crippen LogP contribution in [0.3, 0.4) is 0 Å². The maximum atomic E-state index is 13.4. The van der Waals surface area contributed by atoms with E-state index >= 15 is 0 Å². The minimum atomic E-state index is -0.0803. The van der Waals surface area contributed by atoms with Crippen LogP contribution in [0, 0.1) is 0 Å². The Balaban J connectivity index is 1.71. The molecule has 3 aromatic rings. The molecule has 0 saturated heterocycles. The Morgan fingerprint density at radius 1 is 0.963 bits per heavy atom. The molecule has 5 heteroatoms. The maximum Gasteiger partial charge on any atom is 0.231 e. The van der Waals surface area contributed by atoms with Crippen molar-refractivity contribution in [2.45, 2.75) is 11.4 Å². The molecule has 0 aliphatic carbocycles. The van der Waals surface area contributed by atoms with Crippen LogP contribution in [0.25, 0.3) is 0 Å². The fourth-order valence-corrected chi connectivity index (χ4v) is 4.46. The van der Waals surface area contributed by atoms with Gasteiger partial charge < -0.3 is 9.64 Å². The molecule has 0 N–H and O–H groups in total. The number of anilines is 1. The summed E-state index contributed by atoms with van der Waals surface area (Å²) in [6, 6.07) is 21.4. The molecule has 0 radical (unpaired) electrons. The first-order valence-corrected chi connectivity index (χ1v) is 9.74. The van der Waals surface area contributed by atoms with E-state index in [1.165, 1.54) is 0 Å². The highest BCUT2D eigenvalue weighted by Crippen LogP contribution is 2.39. The van der Waals surface area contributed by atoms with Crippen LogP contribution in [0.1, 0.15) is 15.9 Å². The Labute approximate surface area is 161 Å². The van der Waals surface area contributed by atoms with E-state index < -0.39 is 0 Å². The first-order valence-electron chi connectivity index (χ1n) is 8.75. The number of fused-ring (bicyclic) bond motifs is 2. The zero-order valence-electron chi connectivity index (χ0n) is 14.5. The molecule has 2 aliphatic heterocycles. The van der Waals surface area contributed by atoms with E-state index in [-0.39, 0.29) is 5.78 Å². The molecular formula is C22H16N2O2S. The van der Waals surface area contributed by atoms with Crippen molar-refractivity contribution < 1.29 is 9.53 Å². The molecule has 132 valence electrons. The Morgan fingerprint density at radius 2 is 1.78 bits per heavy atom. The molecule has 0 saturated carbocycles. The monoisotopic (exact) mass is 372 g/mol. The van der Waals surface area contributed by atoms with Gasteiger partial charge in [0, 0.05) is 28.0 Å². The Morgan fingerprint density at radius 3 is 2.67 bits per heavy atom. The molecule has 0 bridgehead atoms. The number of hydrogen-bond donors (Lipinski definition) is 0. The molecule has 2 aliphatic rings. The lowest BCUT2D eigenvalue weighted by atomic mass is 10.1. The summed E-state index contributed by atoms with van der Waals surface area (Å²) in [5.74, 6) is 2.49. The first-order chi connectivity index (χ1) is 13.3. The van der Waals surface area contributed by atoms with Gasteiger partial charge in [-0.2, -0.15) is 0 Å². The van der Waals surface area contributed by atoms with Crippen LogP contribution in [-0.2, 0) is 6.54 Å². The lowest BCUT2D eigenvalue weighted by molar-refractivity contribution is 0.0981. The molecule has 2 aromatic carbocycles. The zero-order chi connectivity index (χ0) is 18.2. The second-order valence-electron chi connectivity index (χ2n) is 6.37. The average molecular weight is 372 g/mol. The van der Waals surface area contributed by atoms with Gasteiger partial charge in [0.25, 0.3) is 0 Å². The van der Waals surface area contributed by atoms with Crippen molar-refractivity contribution >= 4 is 23.4 Å². The molecule has 1 aromatic heterocycles. The van der Waals surface area contributed by atoms with Gasteiger partial charge in [-0.3, -0.25) is 4.79 Å². The highest BCUT2D eigenvalue weighted by molar-refractivity contribution is 7.99. The Bertz CT molecular complexity index is 1060. The van der Waals surface area contributed by atoms with E-state index in [0.717, 1.165) is 27.7 Å². The molecule has 0 fully saturated rings. The molecule has 0 spiro atoms. The van der Waals surface area contributed by atoms with E-state index in [9.17, 15) is 4.79 Å². The fraction of sp³-hybridized carbons (Fsp3) is 0.0909. The summed E-state index contributed by atoms with van der Waals surface area (Å²) < 4.78 is 6.21. The van der Waals surface area contributed by atoms with E-state index in [4.69, 9.17) is 4.74 Å². The van der Waals surface area contributed by atoms with E-state index in [0.29, 0.717) is 23.6 Å². The second kappa shape index (κ2) is 6.59. The van der Waals surface area contributed by atoms with Crippen LogP contribution < -0.4 is 9.64 Å². The summed E-state index contributed by atoms with van der Waals surface area (Å²) in [4.78, 5) is 21.0. The number of Topliss-reactive ketones (excluding diaryl/α,β-unsaturated/α-hetero) is 1. The average Bonchev–Trinajstić information content (AvgIpc) is 2.97. The predicted octanol–water partition coefficient (Wildman–Crippen LogP) is 4.68. The largest absolute Gasteiger partial charge is 0.451 e. The van der Waals surface area contributed by atoms with Crippen LogP contribution in [0.2, 0.25) is 0 Å². The van der Waals surface area contributed by atoms with Gasteiger partial charge in [-0.25, -0.2) is 4.98 Å². The number of carbonyl (C=O) groups is 1. The maximum absolute atomic E-state index is 13.4. The normalized spacial score (nSPS) is 15.9. The summed E-state index contributed by atoms with van der Waals surface area (Å²) in [6.07, 6.45) is 1.77. The minimum Gasteiger partial charge on any atom is -0.451 e. The predicted molar refractivity (Wildman–Crippen MR) is 106 cm³/mol. The van der Waals surface area contributed by atoms with Gasteiger partial charge in [0.2, 0.25) is 5.78 Å². The number of pyridine rings is 1. The number of nitrogens with zero attached hydrogens (tertiary/aromatic N) is 2. The number of rotatable bonds is 1. The molecule has 3 heterocycles. The van der Waals surface area contributed by atoms with Crippen molar-refractivity contribution in [3.05, 3.63) is 95.5 Å². The Hall–Kier alpha value is -3.05. The number of benzene rings is 2. The summed E-state index contributed by atoms with van der Waals surface area (Å²) in [7, 11) is 0. The molecule has 0 unspecified atom stereocenters. The number of allylic oxidation sites excluding steroid dienone is 1. The lowest BCUT2D eigenvalue weighted by Crippen LogP contribution is -2.26. The van der Waals surface area contributed by atoms with Crippen LogP contribution in [0.5, 0.6) is 5.75 Å². The second-order valence-corrected chi connectivity index (χ2v) is 7.39. The summed E-state index contributed by atoms with van der Waals surface area (Å²) in [5.41, 5.74) is 2.58. The number of thioether (sulfide) groups is 1. The van der Waals surface area contributed by atoms with Gasteiger partial charge in [-0.1, -0.05) is 36.4 Å². The number of para-hydroxylation sites is 1. The third-order valence-corrected chi connectivity index (χ3v) is 5.81. The highest BCUT2D eigenvalue weighted by atomic mass is 32.2. The van der Waals surface area contributed by atoms with Crippen molar-refractivity contribution in [3.8, 4) is 5.75 Å². The number of ketones is 1. The smallest absolute Gasteiger partial charge is 0.231 e. The van der Waals surface area contributed by atoms with Crippen LogP contribution in [0.4, 0.5) is 5.82 Å². The summed E-state index contributed by atoms with van der Waals surface area (Å²) in [5, 5.41) is 0. The van der Waals surface area contributed by atoms with Gasteiger partial charge >= 0.3 is 0 Å². The van der Waals surface area contributed by atoms with Gasteiger partial charge in [-0.05, 0) is 30.3 Å². The summed E-state index contributed by atoms with van der Waals surface area (Å²) >= 11 is 1.66. The third-order valence-electron chi connectivity index (χ3n) is 4.73. The van der Waals surface area contributed by atoms with Gasteiger partial charge in [0.15, 0.2) is 5.76 Å². The van der Waals surface area contributed by atoms with Crippen LogP contribution >= 0.6 is 11.8 Å². The van der Waals surface area contributed by atoms with Crippen LogP contribution in [-0.4, -0.2) is 16.5 Å². The molecule has 0 amide bonds. The van der Waals surface area contributed by atoms with Crippen molar-refractivity contribution in [2.24, 2.45) is 0 Å². The SMILES string of the molecule is O=C1C2=C(CSc3ccccc31)N(c1ccccn1)Cc1ccccc1O2. The van der Waals surface area contributed by atoms with Crippen molar-refractivity contribution in [1.29, 1.82) is 0 Å². The molecular weight excluding hydrogens is 356 g/mol. The van der Waals surface area contributed by atoms with E-state index in [1.54, 1.807) is 18.0 Å². The lowest BCUT2D eigenvalue weighted by Gasteiger charge is -2.24. The number of aromatic nitrogens is 1. The molecule has 0 atom stereocenters. The Kier molecular flexibility index (Phi) is 3.94. The topological polar surface area (TPSA) is 42.4 Å². The van der Waals surface area contributed by atoms with Crippen molar-refractivity contribution in [2.75, 3.05) is 10.7 Å². The third kappa shape index (κ3) is 2.80. The molecule has 27 heavy (non-hydrogen) atoms. The van der Waals surface area contributed by atoms with Gasteiger partial charge in [0.05, 0.1) is 12.2 Å². The first kappa shape index (κ1) is 16.1.